The molecule has 3 aromatic rings. The minimum Gasteiger partial charge on any atom is -0.322 e. The van der Waals surface area contributed by atoms with Crippen LogP contribution in [0.3, 0.4) is 0 Å². The zero-order valence-electron chi connectivity index (χ0n) is 14.6. The lowest BCUT2D eigenvalue weighted by atomic mass is 10.1. The molecule has 9 heteroatoms. The van der Waals surface area contributed by atoms with Gasteiger partial charge in [0.1, 0.15) is 0 Å². The molecule has 28 heavy (non-hydrogen) atoms. The monoisotopic (exact) mass is 408 g/mol. The molecule has 0 aromatic heterocycles. The van der Waals surface area contributed by atoms with Crippen LogP contribution in [0.4, 0.5) is 18.9 Å². The number of nitrogens with one attached hydrogen (secondary N) is 1. The smallest absolute Gasteiger partial charge is 0.243 e. The molecule has 146 valence electrons. The maximum absolute atomic E-state index is 13.6. The highest BCUT2D eigenvalue weighted by Gasteiger charge is 2.24. The first-order valence-electron chi connectivity index (χ1n) is 8.08. The Labute approximate surface area is 159 Å². The molecule has 0 saturated heterocycles. The molecule has 0 fully saturated rings. The van der Waals surface area contributed by atoms with Gasteiger partial charge in [-0.3, -0.25) is 4.79 Å². The molecule has 1 amide bonds. The van der Waals surface area contributed by atoms with E-state index in [1.165, 1.54) is 19.2 Å². The van der Waals surface area contributed by atoms with Gasteiger partial charge in [-0.05, 0) is 35.0 Å². The number of amides is 1. The highest BCUT2D eigenvalue weighted by Crippen LogP contribution is 2.22. The van der Waals surface area contributed by atoms with E-state index in [9.17, 15) is 26.4 Å². The van der Waals surface area contributed by atoms with Gasteiger partial charge in [-0.2, -0.15) is 4.31 Å². The van der Waals surface area contributed by atoms with Gasteiger partial charge in [-0.1, -0.05) is 30.3 Å². The van der Waals surface area contributed by atoms with Crippen LogP contribution in [0.5, 0.6) is 0 Å². The van der Waals surface area contributed by atoms with Gasteiger partial charge < -0.3 is 5.32 Å². The van der Waals surface area contributed by atoms with E-state index in [4.69, 9.17) is 0 Å². The summed E-state index contributed by atoms with van der Waals surface area (Å²) in [6.45, 7) is -0.645. The van der Waals surface area contributed by atoms with Gasteiger partial charge in [-0.25, -0.2) is 21.6 Å². The third-order valence-corrected chi connectivity index (χ3v) is 5.90. The van der Waals surface area contributed by atoms with Crippen molar-refractivity contribution >= 4 is 32.4 Å². The van der Waals surface area contributed by atoms with Crippen molar-refractivity contribution in [3.63, 3.8) is 0 Å². The van der Waals surface area contributed by atoms with Crippen molar-refractivity contribution in [2.75, 3.05) is 18.9 Å². The van der Waals surface area contributed by atoms with Crippen LogP contribution < -0.4 is 5.32 Å². The minimum atomic E-state index is -4.00. The summed E-state index contributed by atoms with van der Waals surface area (Å²) in [5, 5.41) is 3.61. The topological polar surface area (TPSA) is 66.5 Å². The molecular weight excluding hydrogens is 393 g/mol. The van der Waals surface area contributed by atoms with Crippen LogP contribution >= 0.6 is 0 Å². The Hall–Kier alpha value is -2.91. The Morgan fingerprint density at radius 2 is 1.64 bits per heavy atom. The average Bonchev–Trinajstić information content (AvgIpc) is 2.68. The van der Waals surface area contributed by atoms with E-state index in [1.807, 2.05) is 17.4 Å². The zero-order chi connectivity index (χ0) is 20.5. The number of fused-ring (bicyclic) bond motifs is 1. The van der Waals surface area contributed by atoms with Crippen molar-refractivity contribution in [2.45, 2.75) is 4.90 Å². The van der Waals surface area contributed by atoms with Gasteiger partial charge in [-0.15, -0.1) is 0 Å². The molecule has 0 bridgehead atoms. The lowest BCUT2D eigenvalue weighted by molar-refractivity contribution is -0.116. The van der Waals surface area contributed by atoms with Crippen LogP contribution in [0, 0.1) is 17.5 Å². The quantitative estimate of drug-likeness (QED) is 0.657. The lowest BCUT2D eigenvalue weighted by Crippen LogP contribution is -2.35. The number of likely N-dealkylation sites (N-methyl/N-ethyl adjacent to an activating group) is 1. The fraction of sp³-hybridized carbons (Fsp3) is 0.105. The summed E-state index contributed by atoms with van der Waals surface area (Å²) in [5.74, 6) is -5.59. The Morgan fingerprint density at radius 3 is 2.36 bits per heavy atom. The highest BCUT2D eigenvalue weighted by molar-refractivity contribution is 7.89. The van der Waals surface area contributed by atoms with Crippen LogP contribution in [0.1, 0.15) is 0 Å². The molecule has 0 radical (unpaired) electrons. The number of nitrogens with zero attached hydrogens (tertiary/aromatic N) is 1. The fourth-order valence-corrected chi connectivity index (χ4v) is 3.77. The van der Waals surface area contributed by atoms with E-state index in [-0.39, 0.29) is 4.90 Å². The summed E-state index contributed by atoms with van der Waals surface area (Å²) in [6.07, 6.45) is 0. The summed E-state index contributed by atoms with van der Waals surface area (Å²) >= 11 is 0. The minimum absolute atomic E-state index is 0.0134. The molecule has 0 heterocycles. The molecule has 0 aliphatic heterocycles. The highest BCUT2D eigenvalue weighted by atomic mass is 32.2. The number of hydrogen-bond donors (Lipinski definition) is 1. The van der Waals surface area contributed by atoms with Crippen LogP contribution in [-0.4, -0.2) is 32.2 Å². The van der Waals surface area contributed by atoms with Crippen molar-refractivity contribution in [3.8, 4) is 0 Å². The van der Waals surface area contributed by atoms with Crippen LogP contribution in [-0.2, 0) is 14.8 Å². The SMILES string of the molecule is CN(CC(=O)Nc1ccc(F)c(F)c1F)S(=O)(=O)c1ccc2ccccc2c1. The Bertz CT molecular complexity index is 1170. The van der Waals surface area contributed by atoms with Crippen molar-refractivity contribution in [1.29, 1.82) is 0 Å². The van der Waals surface area contributed by atoms with Crippen LogP contribution in [0.25, 0.3) is 10.8 Å². The standard InChI is InChI=1S/C19H15F3N2O3S/c1-24(11-17(25)23-16-9-8-15(20)18(21)19(16)22)28(26,27)14-7-6-12-4-2-3-5-13(12)10-14/h2-10H,11H2,1H3,(H,23,25). The first kappa shape index (κ1) is 19.8. The molecule has 0 aliphatic rings. The largest absolute Gasteiger partial charge is 0.322 e. The number of hydrogen-bond acceptors (Lipinski definition) is 3. The van der Waals surface area contributed by atoms with E-state index < -0.39 is 45.6 Å². The summed E-state index contributed by atoms with van der Waals surface area (Å²) < 4.78 is 66.0. The Balaban J connectivity index is 1.78. The fourth-order valence-electron chi connectivity index (χ4n) is 2.61. The molecule has 0 spiro atoms. The van der Waals surface area contributed by atoms with E-state index in [0.29, 0.717) is 11.5 Å². The third kappa shape index (κ3) is 3.85. The van der Waals surface area contributed by atoms with Gasteiger partial charge in [0.25, 0.3) is 0 Å². The number of carbonyl (C=O) groups is 1. The van der Waals surface area contributed by atoms with E-state index >= 15 is 0 Å². The molecule has 3 aromatic carbocycles. The second kappa shape index (κ2) is 7.61. The zero-order valence-corrected chi connectivity index (χ0v) is 15.4. The van der Waals surface area contributed by atoms with Crippen molar-refractivity contribution in [2.24, 2.45) is 0 Å². The molecule has 5 nitrogen and oxygen atoms in total. The number of benzene rings is 3. The Morgan fingerprint density at radius 1 is 0.964 bits per heavy atom. The van der Waals surface area contributed by atoms with Crippen molar-refractivity contribution < 1.29 is 26.4 Å². The molecule has 1 N–H and O–H groups in total. The lowest BCUT2D eigenvalue weighted by Gasteiger charge is -2.17. The first-order chi connectivity index (χ1) is 13.2. The first-order valence-corrected chi connectivity index (χ1v) is 9.52. The normalized spacial score (nSPS) is 11.8. The van der Waals surface area contributed by atoms with Gasteiger partial charge in [0, 0.05) is 7.05 Å². The number of sulfonamides is 1. The van der Waals surface area contributed by atoms with Crippen LogP contribution in [0.2, 0.25) is 0 Å². The van der Waals surface area contributed by atoms with Gasteiger partial charge in [0.2, 0.25) is 15.9 Å². The molecule has 0 atom stereocenters. The molecule has 0 aliphatic carbocycles. The van der Waals surface area contributed by atoms with Crippen molar-refractivity contribution in [3.05, 3.63) is 72.0 Å². The Kier molecular flexibility index (Phi) is 5.39. The molecule has 3 rings (SSSR count). The summed E-state index contributed by atoms with van der Waals surface area (Å²) in [5.41, 5.74) is -0.583. The van der Waals surface area contributed by atoms with E-state index in [1.54, 1.807) is 18.2 Å². The number of rotatable bonds is 5. The number of halogens is 3. The second-order valence-electron chi connectivity index (χ2n) is 6.04. The molecular formula is C19H15F3N2O3S. The van der Waals surface area contributed by atoms with Gasteiger partial charge in [0.05, 0.1) is 17.1 Å². The third-order valence-electron chi connectivity index (χ3n) is 4.10. The predicted octanol–water partition coefficient (Wildman–Crippen LogP) is 3.52. The molecule has 0 unspecified atom stereocenters. The second-order valence-corrected chi connectivity index (χ2v) is 8.09. The van der Waals surface area contributed by atoms with Gasteiger partial charge >= 0.3 is 0 Å². The van der Waals surface area contributed by atoms with Crippen LogP contribution in [0.15, 0.2) is 59.5 Å². The van der Waals surface area contributed by atoms with E-state index in [2.05, 4.69) is 0 Å². The maximum Gasteiger partial charge on any atom is 0.243 e. The number of anilines is 1. The van der Waals surface area contributed by atoms with Crippen molar-refractivity contribution in [1.82, 2.24) is 4.31 Å². The summed E-state index contributed by atoms with van der Waals surface area (Å²) in [7, 11) is -2.81. The summed E-state index contributed by atoms with van der Waals surface area (Å²) in [6, 6.07) is 13.2. The predicted molar refractivity (Wildman–Crippen MR) is 98.7 cm³/mol. The van der Waals surface area contributed by atoms with Gasteiger partial charge in [0.15, 0.2) is 17.5 Å². The number of carbonyl (C=O) groups excluding carboxylic acids is 1. The maximum atomic E-state index is 13.6. The molecule has 0 saturated carbocycles. The van der Waals surface area contributed by atoms with E-state index in [0.717, 1.165) is 15.8 Å². The summed E-state index contributed by atoms with van der Waals surface area (Å²) in [4.78, 5) is 12.0. The average molecular weight is 408 g/mol.